The number of nitrogens with zero attached hydrogens (tertiary/aromatic N) is 10. The number of sulfonamides is 1. The largest absolute Gasteiger partial charge is 0.367 e. The van der Waals surface area contributed by atoms with Crippen LogP contribution in [0.4, 0.5) is 33.2 Å². The number of benzene rings is 5. The number of likely N-dealkylation sites (N-methyl/N-ethyl adjacent to an activating group) is 2. The van der Waals surface area contributed by atoms with Gasteiger partial charge in [-0.05, 0) is 57.0 Å². The number of piperidine rings is 1. The lowest BCUT2D eigenvalue weighted by atomic mass is 10.0. The third-order valence-electron chi connectivity index (χ3n) is 19.5. The van der Waals surface area contributed by atoms with Crippen LogP contribution in [0.3, 0.4) is 0 Å². The highest BCUT2D eigenvalue weighted by Gasteiger charge is 2.41. The molecule has 0 saturated carbocycles. The number of amides is 4. The van der Waals surface area contributed by atoms with Crippen LogP contribution in [0.5, 0.6) is 0 Å². The Morgan fingerprint density at radius 2 is 0.828 bits per heavy atom. The van der Waals surface area contributed by atoms with Crippen molar-refractivity contribution in [2.24, 2.45) is 0 Å². The molecule has 17 rings (SSSR count). The van der Waals surface area contributed by atoms with E-state index in [0.29, 0.717) is 56.5 Å². The van der Waals surface area contributed by atoms with E-state index in [1.54, 1.807) is 9.21 Å². The number of nitrogens with one attached hydrogen (secondary N) is 5. The van der Waals surface area contributed by atoms with Crippen molar-refractivity contribution in [1.82, 2.24) is 48.8 Å². The van der Waals surface area contributed by atoms with Gasteiger partial charge in [0, 0.05) is 209 Å². The van der Waals surface area contributed by atoms with E-state index in [1.165, 1.54) is 55.6 Å². The van der Waals surface area contributed by atoms with E-state index >= 15 is 0 Å². The maximum atomic E-state index is 12.0. The number of carbonyl (C=O) groups is 4. The first-order valence-electron chi connectivity index (χ1n) is 32.6. The molecule has 5 aromatic heterocycles. The molecule has 486 valence electrons. The van der Waals surface area contributed by atoms with Crippen LogP contribution in [0.2, 0.25) is 0 Å². The van der Waals surface area contributed by atoms with Gasteiger partial charge in [-0.25, -0.2) is 13.2 Å². The molecule has 5 aromatic carbocycles. The Bertz CT molecular complexity index is 4450. The Morgan fingerprint density at radius 1 is 0.419 bits per heavy atom. The molecular weight excluding hydrogens is 1190 g/mol. The quantitative estimate of drug-likeness (QED) is 0.106. The van der Waals surface area contributed by atoms with Crippen LogP contribution in [0.1, 0.15) is 39.5 Å². The van der Waals surface area contributed by atoms with Crippen molar-refractivity contribution in [3.05, 3.63) is 152 Å². The van der Waals surface area contributed by atoms with Crippen LogP contribution in [-0.2, 0) is 24.4 Å². The number of piperazine rings is 4. The Hall–Kier alpha value is -9.41. The Balaban J connectivity index is 0.000000106. The fourth-order valence-corrected chi connectivity index (χ4v) is 16.1. The number of Topliss-reactive ketones (excluding diaryl/α,β-unsaturated/α-hetero) is 1. The van der Waals surface area contributed by atoms with Crippen molar-refractivity contribution in [2.45, 2.75) is 57.2 Å². The predicted molar refractivity (Wildman–Crippen MR) is 373 cm³/mol. The summed E-state index contributed by atoms with van der Waals surface area (Å²) in [4.78, 5) is 82.3. The van der Waals surface area contributed by atoms with Crippen LogP contribution in [0, 0.1) is 0 Å². The summed E-state index contributed by atoms with van der Waals surface area (Å²) in [5.74, 6) is 0.863. The molecule has 5 N–H and O–H groups in total. The van der Waals surface area contributed by atoms with Crippen LogP contribution in [-0.4, -0.2) is 217 Å². The Kier molecular flexibility index (Phi) is 17.6. The van der Waals surface area contributed by atoms with E-state index in [2.05, 4.69) is 146 Å². The number of aromatic amines is 5. The molecule has 0 radical (unpaired) electrons. The first kappa shape index (κ1) is 62.4. The first-order valence-corrected chi connectivity index (χ1v) is 34.4. The highest BCUT2D eigenvalue weighted by Crippen LogP contribution is 2.36. The fraction of sp³-hybridized carbons (Fsp3) is 0.380. The van der Waals surface area contributed by atoms with E-state index in [-0.39, 0.29) is 11.9 Å². The molecule has 22 heteroatoms. The van der Waals surface area contributed by atoms with E-state index in [1.807, 2.05) is 98.8 Å². The summed E-state index contributed by atoms with van der Waals surface area (Å²) in [6.45, 7) is 15.8. The predicted octanol–water partition coefficient (Wildman–Crippen LogP) is 9.51. The van der Waals surface area contributed by atoms with E-state index in [4.69, 9.17) is 0 Å². The third-order valence-corrected chi connectivity index (χ3v) is 21.0. The Labute approximate surface area is 542 Å². The van der Waals surface area contributed by atoms with Crippen molar-refractivity contribution in [1.29, 1.82) is 0 Å². The molecule has 7 fully saturated rings. The summed E-state index contributed by atoms with van der Waals surface area (Å²) in [6.07, 6.45) is 14.9. The molecule has 12 heterocycles. The summed E-state index contributed by atoms with van der Waals surface area (Å²) in [6, 6.07) is 42.2. The second-order valence-corrected chi connectivity index (χ2v) is 28.1. The molecule has 2 atom stereocenters. The zero-order valence-corrected chi connectivity index (χ0v) is 54.7. The molecular formula is C71H85N15O6S. The van der Waals surface area contributed by atoms with Crippen LogP contribution in [0.15, 0.2) is 152 Å². The van der Waals surface area contributed by atoms with E-state index < -0.39 is 15.6 Å². The molecule has 7 saturated heterocycles. The summed E-state index contributed by atoms with van der Waals surface area (Å²) in [5, 5.41) is 6.11. The molecule has 10 aromatic rings. The SMILES string of the molecule is CC1(C)CN(c2c[nH]c3ccccc23)CCN1S(C)(=O)=O.CN1CC2CN(c3c[nH]c4ccccc34)CCN2C1=O.CN1CCN(c2c[nH]c3ccccc23)CC1=O.O=C1CCC2CN(c3c[nH]c4ccccc34)CCN12.O=C1CCCN(c2c[nH]c3ccccc23)C1. The number of hydrogen-bond acceptors (Lipinski definition) is 11. The number of H-pyrrole nitrogens is 5. The molecule has 0 spiro atoms. The zero-order valence-electron chi connectivity index (χ0n) is 53.9. The number of fused-ring (bicyclic) bond motifs is 7. The average Bonchev–Trinajstić information content (AvgIpc) is 1.82. The second-order valence-electron chi connectivity index (χ2n) is 26.1. The summed E-state index contributed by atoms with van der Waals surface area (Å²) in [5.41, 5.74) is 11.3. The smallest absolute Gasteiger partial charge is 0.320 e. The topological polar surface area (TPSA) is 214 Å². The molecule has 21 nitrogen and oxygen atoms in total. The van der Waals surface area contributed by atoms with Gasteiger partial charge in [-0.1, -0.05) is 91.0 Å². The van der Waals surface area contributed by atoms with Crippen molar-refractivity contribution < 1.29 is 27.6 Å². The van der Waals surface area contributed by atoms with Gasteiger partial charge in [0.25, 0.3) is 0 Å². The Morgan fingerprint density at radius 3 is 1.28 bits per heavy atom. The lowest BCUT2D eigenvalue weighted by Gasteiger charge is -2.46. The molecule has 93 heavy (non-hydrogen) atoms. The minimum absolute atomic E-state index is 0.175. The van der Waals surface area contributed by atoms with Crippen molar-refractivity contribution in [2.75, 3.05) is 143 Å². The van der Waals surface area contributed by atoms with Crippen LogP contribution < -0.4 is 24.5 Å². The summed E-state index contributed by atoms with van der Waals surface area (Å²) >= 11 is 0. The average molecular weight is 1280 g/mol. The molecule has 7 aliphatic rings. The molecule has 7 aliphatic heterocycles. The summed E-state index contributed by atoms with van der Waals surface area (Å²) < 4.78 is 25.4. The number of aromatic nitrogens is 5. The minimum atomic E-state index is -3.17. The van der Waals surface area contributed by atoms with Crippen molar-refractivity contribution in [3.8, 4) is 0 Å². The van der Waals surface area contributed by atoms with Gasteiger partial charge >= 0.3 is 6.03 Å². The number of ketones is 1. The van der Waals surface area contributed by atoms with Gasteiger partial charge in [0.05, 0.1) is 53.8 Å². The molecule has 2 unspecified atom stereocenters. The number of hydrogen-bond donors (Lipinski definition) is 5. The van der Waals surface area contributed by atoms with Crippen LogP contribution in [0.25, 0.3) is 54.5 Å². The first-order chi connectivity index (χ1) is 44.9. The standard InChI is InChI=1S/C15H18N4O.C15H21N3O2S.C15H17N3O.C13H15N3O.C13H14N2O/c1-17-9-11-10-18(6-7-19(11)15(17)20)14-8-16-13-5-3-2-4-12(13)14;1-15(2)11-17(8-9-18(15)21(3,19)20)14-10-16-13-7-5-4-6-12(13)14;19-15-6-5-11-10-17(7-8-18(11)15)14-9-16-13-4-2-1-3-12(13)14;1-15-6-7-16(9-13(15)17)12-8-14-11-5-3-2-4-10(11)12;16-10-4-3-7-15(9-10)13-8-14-12-6-2-1-5-11(12)13/h2-5,8,11,16H,6-7,9-10H2,1H3;4-7,10,16H,8-9,11H2,1-3H3;1-4,9,11,16H,5-8,10H2;2-5,8,14H,6-7,9H2,1H3;1-2,5-6,8,14H,3-4,7,9H2. The number of carbonyl (C=O) groups excluding carboxylic acids is 4. The van der Waals surface area contributed by atoms with Gasteiger partial charge in [-0.15, -0.1) is 0 Å². The van der Waals surface area contributed by atoms with Crippen molar-refractivity contribution >= 4 is 117 Å². The number of anilines is 5. The summed E-state index contributed by atoms with van der Waals surface area (Å²) in [7, 11) is 0.572. The minimum Gasteiger partial charge on any atom is -0.367 e. The number of urea groups is 1. The second kappa shape index (κ2) is 26.3. The molecule has 0 aliphatic carbocycles. The van der Waals surface area contributed by atoms with Gasteiger partial charge < -0.3 is 69.0 Å². The zero-order chi connectivity index (χ0) is 64.5. The highest BCUT2D eigenvalue weighted by molar-refractivity contribution is 7.88. The van der Waals surface area contributed by atoms with E-state index in [9.17, 15) is 27.6 Å². The third kappa shape index (κ3) is 13.1. The number of rotatable bonds is 6. The van der Waals surface area contributed by atoms with Crippen LogP contribution >= 0.6 is 0 Å². The van der Waals surface area contributed by atoms with Gasteiger partial charge in [0.2, 0.25) is 21.8 Å². The monoisotopic (exact) mass is 1280 g/mol. The maximum absolute atomic E-state index is 12.0. The van der Waals surface area contributed by atoms with Crippen molar-refractivity contribution in [3.63, 3.8) is 0 Å². The maximum Gasteiger partial charge on any atom is 0.320 e. The van der Waals surface area contributed by atoms with E-state index in [0.717, 1.165) is 125 Å². The lowest BCUT2D eigenvalue weighted by molar-refractivity contribution is -0.130. The van der Waals surface area contributed by atoms with Gasteiger partial charge in [0.1, 0.15) is 0 Å². The lowest BCUT2D eigenvalue weighted by Crippen LogP contribution is -2.60. The fourth-order valence-electron chi connectivity index (χ4n) is 14.7. The number of para-hydroxylation sites is 5. The normalized spacial score (nSPS) is 20.2. The van der Waals surface area contributed by atoms with Gasteiger partial charge in [-0.3, -0.25) is 14.4 Å². The van der Waals surface area contributed by atoms with Gasteiger partial charge in [-0.2, -0.15) is 4.31 Å². The van der Waals surface area contributed by atoms with Gasteiger partial charge in [0.15, 0.2) is 5.78 Å². The highest BCUT2D eigenvalue weighted by atomic mass is 32.2. The molecule has 0 bridgehead atoms. The molecule has 4 amide bonds.